The van der Waals surface area contributed by atoms with Crippen LogP contribution in [0.15, 0.2) is 24.2 Å². The molecule has 1 aliphatic heterocycles. The number of cyclic esters (lactones) is 1. The van der Waals surface area contributed by atoms with Gasteiger partial charge in [-0.15, -0.1) is 0 Å². The summed E-state index contributed by atoms with van der Waals surface area (Å²) < 4.78 is 10.3. The first-order valence-corrected chi connectivity index (χ1v) is 6.25. The predicted molar refractivity (Wildman–Crippen MR) is 68.3 cm³/mol. The second kappa shape index (κ2) is 6.74. The Morgan fingerprint density at radius 1 is 1.50 bits per heavy atom. The minimum absolute atomic E-state index is 0.00424. The molecular formula is C13H20O7. The molecule has 0 aliphatic carbocycles. The molecule has 0 radical (unpaired) electrons. The van der Waals surface area contributed by atoms with Crippen LogP contribution >= 0.6 is 0 Å². The number of carbonyl (C=O) groups excluding carboxylic acids is 1. The molecule has 0 fully saturated rings. The van der Waals surface area contributed by atoms with E-state index in [0.717, 1.165) is 0 Å². The van der Waals surface area contributed by atoms with E-state index in [-0.39, 0.29) is 30.5 Å². The highest BCUT2D eigenvalue weighted by Gasteiger charge is 2.56. The van der Waals surface area contributed by atoms with Gasteiger partial charge in [0.05, 0.1) is 6.61 Å². The highest BCUT2D eigenvalue weighted by atomic mass is 17.1. The fourth-order valence-electron chi connectivity index (χ4n) is 2.17. The second-order valence-electron chi connectivity index (χ2n) is 4.92. The molecular weight excluding hydrogens is 268 g/mol. The summed E-state index contributed by atoms with van der Waals surface area (Å²) in [5.74, 6) is -1.54. The Kier molecular flexibility index (Phi) is 5.55. The molecule has 0 unspecified atom stereocenters. The van der Waals surface area contributed by atoms with Gasteiger partial charge < -0.3 is 24.6 Å². The monoisotopic (exact) mass is 288 g/mol. The van der Waals surface area contributed by atoms with Crippen LogP contribution in [0.3, 0.4) is 0 Å². The van der Waals surface area contributed by atoms with Gasteiger partial charge in [0.2, 0.25) is 11.4 Å². The minimum Gasteiger partial charge on any atom is -0.480 e. The van der Waals surface area contributed by atoms with Crippen LogP contribution in [0, 0.1) is 5.92 Å². The van der Waals surface area contributed by atoms with Crippen LogP contribution in [0.1, 0.15) is 20.3 Å². The fourth-order valence-corrected chi connectivity index (χ4v) is 2.17. The summed E-state index contributed by atoms with van der Waals surface area (Å²) in [5.41, 5.74) is -1.66. The van der Waals surface area contributed by atoms with Gasteiger partial charge in [-0.05, 0) is 12.3 Å². The zero-order valence-electron chi connectivity index (χ0n) is 11.5. The average molecular weight is 288 g/mol. The molecule has 7 nitrogen and oxygen atoms in total. The molecule has 7 heteroatoms. The smallest absolute Gasteiger partial charge is 0.378 e. The quantitative estimate of drug-likeness (QED) is 0.260. The number of aliphatic hydroxyl groups excluding tert-OH is 2. The molecule has 2 atom stereocenters. The van der Waals surface area contributed by atoms with E-state index in [0.29, 0.717) is 0 Å². The molecule has 0 aromatic carbocycles. The summed E-state index contributed by atoms with van der Waals surface area (Å²) in [5, 5.41) is 28.2. The van der Waals surface area contributed by atoms with Gasteiger partial charge >= 0.3 is 5.97 Å². The number of hydrogen-bond donors (Lipinski definition) is 3. The van der Waals surface area contributed by atoms with E-state index >= 15 is 0 Å². The molecule has 114 valence electrons. The van der Waals surface area contributed by atoms with Crippen LogP contribution in [0.25, 0.3) is 0 Å². The largest absolute Gasteiger partial charge is 0.480 e. The van der Waals surface area contributed by atoms with Crippen molar-refractivity contribution in [2.24, 2.45) is 5.92 Å². The van der Waals surface area contributed by atoms with Gasteiger partial charge in [0.15, 0.2) is 0 Å². The van der Waals surface area contributed by atoms with Gasteiger partial charge in [-0.2, -0.15) is 0 Å². The maximum atomic E-state index is 11.8. The molecule has 1 heterocycles. The zero-order valence-corrected chi connectivity index (χ0v) is 11.5. The molecule has 3 N–H and O–H groups in total. The molecule has 20 heavy (non-hydrogen) atoms. The molecule has 0 amide bonds. The molecule has 0 aromatic heterocycles. The van der Waals surface area contributed by atoms with Crippen LogP contribution in [-0.2, 0) is 19.2 Å². The first-order valence-electron chi connectivity index (χ1n) is 6.25. The Bertz CT molecular complexity index is 402. The summed E-state index contributed by atoms with van der Waals surface area (Å²) in [4.78, 5) is 16.1. The molecule has 1 rings (SSSR count). The van der Waals surface area contributed by atoms with E-state index in [1.165, 1.54) is 6.08 Å². The SMILES string of the molecule is C=CCOC1=C(OO)[C@@](CC(C)C)([C@@H](O)CO)OC1=O. The van der Waals surface area contributed by atoms with E-state index in [1.54, 1.807) is 0 Å². The van der Waals surface area contributed by atoms with E-state index in [9.17, 15) is 15.0 Å². The third-order valence-corrected chi connectivity index (χ3v) is 2.91. The Balaban J connectivity index is 3.25. The number of esters is 1. The Hall–Kier alpha value is -1.57. The normalized spacial score (nSPS) is 23.8. The lowest BCUT2D eigenvalue weighted by molar-refractivity contribution is -0.241. The highest BCUT2D eigenvalue weighted by molar-refractivity contribution is 5.90. The number of aliphatic hydroxyl groups is 2. The minimum atomic E-state index is -1.66. The summed E-state index contributed by atoms with van der Waals surface area (Å²) in [6.45, 7) is 6.44. The van der Waals surface area contributed by atoms with Crippen molar-refractivity contribution in [2.45, 2.75) is 32.0 Å². The van der Waals surface area contributed by atoms with Gasteiger partial charge in [0.25, 0.3) is 5.76 Å². The maximum absolute atomic E-state index is 11.8. The summed E-state index contributed by atoms with van der Waals surface area (Å²) in [7, 11) is 0. The second-order valence-corrected chi connectivity index (χ2v) is 4.92. The van der Waals surface area contributed by atoms with E-state index in [1.807, 2.05) is 13.8 Å². The zero-order chi connectivity index (χ0) is 15.3. The Labute approximate surface area is 117 Å². The summed E-state index contributed by atoms with van der Waals surface area (Å²) in [6, 6.07) is 0. The van der Waals surface area contributed by atoms with Crippen molar-refractivity contribution in [1.29, 1.82) is 0 Å². The van der Waals surface area contributed by atoms with Crippen LogP contribution in [0.2, 0.25) is 0 Å². The standard InChI is InChI=1S/C13H20O7/c1-4-5-18-10-11(20-17)13(6-8(2)3,9(15)7-14)19-12(10)16/h4,8-9,14-15,17H,1,5-7H2,2-3H3/t9-,13+/m0/s1. The van der Waals surface area contributed by atoms with E-state index in [4.69, 9.17) is 14.7 Å². The maximum Gasteiger partial charge on any atom is 0.378 e. The molecule has 0 aromatic rings. The first-order chi connectivity index (χ1) is 9.42. The third-order valence-electron chi connectivity index (χ3n) is 2.91. The fraction of sp³-hybridized carbons (Fsp3) is 0.615. The van der Waals surface area contributed by atoms with Gasteiger partial charge in [-0.1, -0.05) is 26.5 Å². The van der Waals surface area contributed by atoms with Gasteiger partial charge in [0, 0.05) is 0 Å². The van der Waals surface area contributed by atoms with Crippen LogP contribution in [0.5, 0.6) is 0 Å². The number of ether oxygens (including phenoxy) is 2. The van der Waals surface area contributed by atoms with E-state index < -0.39 is 24.3 Å². The summed E-state index contributed by atoms with van der Waals surface area (Å²) in [6.07, 6.45) is 0.109. The molecule has 0 saturated heterocycles. The van der Waals surface area contributed by atoms with Gasteiger partial charge in [-0.25, -0.2) is 10.1 Å². The number of rotatable bonds is 8. The van der Waals surface area contributed by atoms with Crippen LogP contribution in [0.4, 0.5) is 0 Å². The third kappa shape index (κ3) is 2.95. The predicted octanol–water partition coefficient (Wildman–Crippen LogP) is 0.585. The van der Waals surface area contributed by atoms with Gasteiger partial charge in [-0.3, -0.25) is 0 Å². The Morgan fingerprint density at radius 2 is 2.15 bits per heavy atom. The molecule has 1 aliphatic rings. The Morgan fingerprint density at radius 3 is 2.60 bits per heavy atom. The van der Waals surface area contributed by atoms with Crippen molar-refractivity contribution in [3.63, 3.8) is 0 Å². The lowest BCUT2D eigenvalue weighted by Crippen LogP contribution is -2.48. The summed E-state index contributed by atoms with van der Waals surface area (Å²) >= 11 is 0. The topological polar surface area (TPSA) is 105 Å². The van der Waals surface area contributed by atoms with E-state index in [2.05, 4.69) is 11.5 Å². The van der Waals surface area contributed by atoms with Crippen molar-refractivity contribution in [3.05, 3.63) is 24.2 Å². The van der Waals surface area contributed by atoms with Crippen LogP contribution < -0.4 is 0 Å². The van der Waals surface area contributed by atoms with Crippen molar-refractivity contribution in [2.75, 3.05) is 13.2 Å². The van der Waals surface area contributed by atoms with Crippen molar-refractivity contribution in [3.8, 4) is 0 Å². The lowest BCUT2D eigenvalue weighted by Gasteiger charge is -2.33. The van der Waals surface area contributed by atoms with Crippen molar-refractivity contribution >= 4 is 5.97 Å². The average Bonchev–Trinajstić information content (AvgIpc) is 2.66. The molecule has 0 bridgehead atoms. The van der Waals surface area contributed by atoms with Crippen LogP contribution in [-0.4, -0.2) is 46.4 Å². The van der Waals surface area contributed by atoms with Gasteiger partial charge in [0.1, 0.15) is 12.7 Å². The van der Waals surface area contributed by atoms with Crippen molar-refractivity contribution in [1.82, 2.24) is 0 Å². The molecule has 0 saturated carbocycles. The lowest BCUT2D eigenvalue weighted by atomic mass is 9.86. The number of carbonyl (C=O) groups is 1. The molecule has 0 spiro atoms. The number of hydrogen-bond acceptors (Lipinski definition) is 7. The first kappa shape index (κ1) is 16.5. The highest BCUT2D eigenvalue weighted by Crippen LogP contribution is 2.41. The van der Waals surface area contributed by atoms with Crippen molar-refractivity contribution < 1.29 is 34.6 Å².